The first-order valence-corrected chi connectivity index (χ1v) is 9.17. The Morgan fingerprint density at radius 2 is 1.77 bits per heavy atom. The number of aliphatic hydroxyl groups excluding tert-OH is 1. The van der Waals surface area contributed by atoms with E-state index < -0.39 is 6.10 Å². The molecule has 0 fully saturated rings. The monoisotopic (exact) mass is 355 g/mol. The summed E-state index contributed by atoms with van der Waals surface area (Å²) < 4.78 is 5.64. The minimum Gasteiger partial charge on any atom is -0.494 e. The van der Waals surface area contributed by atoms with Crippen molar-refractivity contribution in [2.24, 2.45) is 4.99 Å². The van der Waals surface area contributed by atoms with Crippen molar-refractivity contribution in [1.82, 2.24) is 10.6 Å². The molecule has 0 aromatic heterocycles. The summed E-state index contributed by atoms with van der Waals surface area (Å²) >= 11 is 0. The van der Waals surface area contributed by atoms with E-state index in [1.54, 1.807) is 0 Å². The van der Waals surface area contributed by atoms with Gasteiger partial charge in [-0.2, -0.15) is 0 Å². The van der Waals surface area contributed by atoms with Gasteiger partial charge in [0.05, 0.1) is 19.3 Å². The number of rotatable bonds is 9. The van der Waals surface area contributed by atoms with Crippen LogP contribution in [0.5, 0.6) is 5.75 Å². The zero-order chi connectivity index (χ0) is 18.6. The van der Waals surface area contributed by atoms with Gasteiger partial charge in [0.15, 0.2) is 5.96 Å². The fraction of sp³-hybridized carbons (Fsp3) is 0.381. The molecule has 5 heteroatoms. The Kier molecular flexibility index (Phi) is 8.49. The zero-order valence-corrected chi connectivity index (χ0v) is 15.6. The van der Waals surface area contributed by atoms with Crippen molar-refractivity contribution in [3.8, 4) is 5.75 Å². The van der Waals surface area contributed by atoms with Crippen LogP contribution < -0.4 is 15.4 Å². The minimum absolute atomic E-state index is 0.438. The Hall–Kier alpha value is -2.53. The molecule has 0 amide bonds. The molecule has 2 rings (SSSR count). The van der Waals surface area contributed by atoms with Crippen LogP contribution in [0.4, 0.5) is 0 Å². The Morgan fingerprint density at radius 3 is 2.50 bits per heavy atom. The summed E-state index contributed by atoms with van der Waals surface area (Å²) in [7, 11) is 0. The van der Waals surface area contributed by atoms with Gasteiger partial charge in [-0.15, -0.1) is 0 Å². The predicted octanol–water partition coefficient (Wildman–Crippen LogP) is 2.74. The lowest BCUT2D eigenvalue weighted by Crippen LogP contribution is -2.41. The van der Waals surface area contributed by atoms with Crippen molar-refractivity contribution in [1.29, 1.82) is 0 Å². The van der Waals surface area contributed by atoms with Crippen LogP contribution >= 0.6 is 0 Å². The highest BCUT2D eigenvalue weighted by atomic mass is 16.5. The smallest absolute Gasteiger partial charge is 0.191 e. The van der Waals surface area contributed by atoms with E-state index in [9.17, 15) is 5.11 Å². The van der Waals surface area contributed by atoms with Crippen molar-refractivity contribution in [3.63, 3.8) is 0 Å². The van der Waals surface area contributed by atoms with E-state index in [2.05, 4.69) is 15.6 Å². The molecule has 1 unspecified atom stereocenters. The van der Waals surface area contributed by atoms with Crippen molar-refractivity contribution in [2.75, 3.05) is 19.7 Å². The second kappa shape index (κ2) is 11.2. The Balaban J connectivity index is 1.92. The first-order chi connectivity index (χ1) is 12.7. The molecule has 0 saturated carbocycles. The normalized spacial score (nSPS) is 12.5. The average molecular weight is 355 g/mol. The van der Waals surface area contributed by atoms with Gasteiger partial charge in [-0.05, 0) is 25.5 Å². The van der Waals surface area contributed by atoms with Crippen LogP contribution in [0.1, 0.15) is 25.0 Å². The fourth-order valence-electron chi connectivity index (χ4n) is 2.61. The number of aliphatic imine (C=N–C) groups is 1. The van der Waals surface area contributed by atoms with E-state index in [4.69, 9.17) is 4.74 Å². The Morgan fingerprint density at radius 1 is 1.04 bits per heavy atom. The molecule has 140 valence electrons. The summed E-state index contributed by atoms with van der Waals surface area (Å²) in [5.41, 5.74) is 2.16. The largest absolute Gasteiger partial charge is 0.494 e. The molecule has 0 radical (unpaired) electrons. The maximum absolute atomic E-state index is 10.3. The number of benzene rings is 2. The molecule has 0 aliphatic rings. The van der Waals surface area contributed by atoms with Gasteiger partial charge in [-0.25, -0.2) is 4.99 Å². The number of guanidine groups is 1. The summed E-state index contributed by atoms with van der Waals surface area (Å²) in [6, 6.07) is 17.9. The highest BCUT2D eigenvalue weighted by molar-refractivity contribution is 5.79. The summed E-state index contributed by atoms with van der Waals surface area (Å²) in [6.07, 6.45) is 0.136. The van der Waals surface area contributed by atoms with Gasteiger partial charge in [0.25, 0.3) is 0 Å². The third-order valence-corrected chi connectivity index (χ3v) is 3.84. The van der Waals surface area contributed by atoms with E-state index in [0.29, 0.717) is 32.1 Å². The van der Waals surface area contributed by atoms with E-state index in [1.165, 1.54) is 0 Å². The second-order valence-electron chi connectivity index (χ2n) is 5.96. The molecule has 5 nitrogen and oxygen atoms in total. The number of aliphatic hydroxyl groups is 1. The summed E-state index contributed by atoms with van der Waals surface area (Å²) in [5.74, 6) is 1.55. The summed E-state index contributed by atoms with van der Waals surface area (Å²) in [5, 5.41) is 16.7. The standard InChI is InChI=1S/C21H29N3O2/c1-3-22-21(23-15-18-12-8-9-13-20(18)26-4-2)24-16-19(25)14-17-10-6-5-7-11-17/h5-13,19,25H,3-4,14-16H2,1-2H3,(H2,22,23,24). The van der Waals surface area contributed by atoms with E-state index in [0.717, 1.165) is 23.4 Å². The molecular formula is C21H29N3O2. The van der Waals surface area contributed by atoms with Gasteiger partial charge in [0, 0.05) is 25.1 Å². The van der Waals surface area contributed by atoms with Gasteiger partial charge < -0.3 is 20.5 Å². The van der Waals surface area contributed by atoms with E-state index >= 15 is 0 Å². The summed E-state index contributed by atoms with van der Waals surface area (Å²) in [6.45, 7) is 6.33. The fourth-order valence-corrected chi connectivity index (χ4v) is 2.61. The first-order valence-electron chi connectivity index (χ1n) is 9.17. The summed E-state index contributed by atoms with van der Waals surface area (Å²) in [4.78, 5) is 4.61. The van der Waals surface area contributed by atoms with Crippen molar-refractivity contribution in [2.45, 2.75) is 32.9 Å². The van der Waals surface area contributed by atoms with Gasteiger partial charge in [0.1, 0.15) is 5.75 Å². The third kappa shape index (κ3) is 6.76. The van der Waals surface area contributed by atoms with Gasteiger partial charge in [-0.3, -0.25) is 0 Å². The van der Waals surface area contributed by atoms with Crippen LogP contribution in [-0.2, 0) is 13.0 Å². The molecule has 0 heterocycles. The van der Waals surface area contributed by atoms with Crippen LogP contribution in [0.3, 0.4) is 0 Å². The van der Waals surface area contributed by atoms with Gasteiger partial charge in [-0.1, -0.05) is 48.5 Å². The highest BCUT2D eigenvalue weighted by Gasteiger charge is 2.07. The second-order valence-corrected chi connectivity index (χ2v) is 5.96. The van der Waals surface area contributed by atoms with E-state index in [1.807, 2.05) is 68.4 Å². The molecule has 0 aliphatic carbocycles. The van der Waals surface area contributed by atoms with Crippen LogP contribution in [-0.4, -0.2) is 36.9 Å². The molecule has 0 bridgehead atoms. The van der Waals surface area contributed by atoms with Crippen LogP contribution in [0.15, 0.2) is 59.6 Å². The predicted molar refractivity (Wildman–Crippen MR) is 107 cm³/mol. The van der Waals surface area contributed by atoms with Crippen molar-refractivity contribution < 1.29 is 9.84 Å². The number of hydrogen-bond donors (Lipinski definition) is 3. The maximum atomic E-state index is 10.3. The average Bonchev–Trinajstić information content (AvgIpc) is 2.66. The lowest BCUT2D eigenvalue weighted by atomic mass is 10.1. The van der Waals surface area contributed by atoms with Crippen LogP contribution in [0, 0.1) is 0 Å². The molecule has 2 aromatic carbocycles. The third-order valence-electron chi connectivity index (χ3n) is 3.84. The quantitative estimate of drug-likeness (QED) is 0.478. The van der Waals surface area contributed by atoms with E-state index in [-0.39, 0.29) is 0 Å². The van der Waals surface area contributed by atoms with Gasteiger partial charge >= 0.3 is 0 Å². The number of nitrogens with zero attached hydrogens (tertiary/aromatic N) is 1. The molecule has 0 saturated heterocycles. The Labute approximate surface area is 156 Å². The topological polar surface area (TPSA) is 65.9 Å². The molecular weight excluding hydrogens is 326 g/mol. The SMILES string of the molecule is CCNC(=NCc1ccccc1OCC)NCC(O)Cc1ccccc1. The van der Waals surface area contributed by atoms with Crippen LogP contribution in [0.25, 0.3) is 0 Å². The molecule has 0 spiro atoms. The Bertz CT molecular complexity index is 674. The van der Waals surface area contributed by atoms with Crippen molar-refractivity contribution >= 4 is 5.96 Å². The molecule has 26 heavy (non-hydrogen) atoms. The molecule has 3 N–H and O–H groups in total. The number of hydrogen-bond acceptors (Lipinski definition) is 3. The highest BCUT2D eigenvalue weighted by Crippen LogP contribution is 2.18. The zero-order valence-electron chi connectivity index (χ0n) is 15.6. The minimum atomic E-state index is -0.475. The number of para-hydroxylation sites is 1. The lowest BCUT2D eigenvalue weighted by Gasteiger charge is -2.16. The van der Waals surface area contributed by atoms with Crippen LogP contribution in [0.2, 0.25) is 0 Å². The van der Waals surface area contributed by atoms with Gasteiger partial charge in [0.2, 0.25) is 0 Å². The number of nitrogens with one attached hydrogen (secondary N) is 2. The molecule has 2 aromatic rings. The maximum Gasteiger partial charge on any atom is 0.191 e. The first kappa shape index (κ1) is 19.8. The van der Waals surface area contributed by atoms with Crippen molar-refractivity contribution in [3.05, 3.63) is 65.7 Å². The lowest BCUT2D eigenvalue weighted by molar-refractivity contribution is 0.177. The molecule has 0 aliphatic heterocycles. The molecule has 1 atom stereocenters. The number of ether oxygens (including phenoxy) is 1.